The fourth-order valence-electron chi connectivity index (χ4n) is 3.81. The lowest BCUT2D eigenvalue weighted by Gasteiger charge is -2.37. The predicted molar refractivity (Wildman–Crippen MR) is 87.3 cm³/mol. The molecule has 0 aromatic carbocycles. The maximum atomic E-state index is 5.79. The van der Waals surface area contributed by atoms with Gasteiger partial charge in [-0.3, -0.25) is 4.90 Å². The summed E-state index contributed by atoms with van der Waals surface area (Å²) in [5, 5.41) is 4.07. The van der Waals surface area contributed by atoms with Gasteiger partial charge in [-0.15, -0.1) is 6.58 Å². The topological polar surface area (TPSA) is 41.7 Å². The van der Waals surface area contributed by atoms with Crippen molar-refractivity contribution in [3.8, 4) is 0 Å². The molecule has 2 aliphatic heterocycles. The summed E-state index contributed by atoms with van der Waals surface area (Å²) >= 11 is 0. The molecule has 22 heavy (non-hydrogen) atoms. The fraction of sp³-hybridized carbons (Fsp3) is 0.706. The number of hydrogen-bond acceptors (Lipinski definition) is 5. The van der Waals surface area contributed by atoms with Crippen LogP contribution in [0.2, 0.25) is 0 Å². The molecule has 5 heteroatoms. The van der Waals surface area contributed by atoms with Crippen LogP contribution < -0.4 is 4.90 Å². The van der Waals surface area contributed by atoms with E-state index in [1.807, 2.05) is 19.9 Å². The number of hydrogen-bond donors (Lipinski definition) is 0. The molecule has 122 valence electrons. The average Bonchev–Trinajstić information content (AvgIpc) is 3.13. The van der Waals surface area contributed by atoms with Crippen molar-refractivity contribution in [2.24, 2.45) is 0 Å². The normalized spacial score (nSPS) is 24.1. The first-order valence-electron chi connectivity index (χ1n) is 8.33. The van der Waals surface area contributed by atoms with E-state index in [2.05, 4.69) is 21.5 Å². The van der Waals surface area contributed by atoms with Crippen LogP contribution in [0.5, 0.6) is 0 Å². The summed E-state index contributed by atoms with van der Waals surface area (Å²) in [4.78, 5) is 5.04. The molecular weight excluding hydrogens is 278 g/mol. The third-order valence-electron chi connectivity index (χ3n) is 4.92. The van der Waals surface area contributed by atoms with Crippen LogP contribution in [0.3, 0.4) is 0 Å². The van der Waals surface area contributed by atoms with E-state index in [0.717, 1.165) is 44.1 Å². The number of piperidine rings is 1. The number of ether oxygens (including phenoxy) is 1. The van der Waals surface area contributed by atoms with E-state index in [1.54, 1.807) is 0 Å². The van der Waals surface area contributed by atoms with Crippen molar-refractivity contribution in [1.29, 1.82) is 0 Å². The molecule has 3 rings (SSSR count). The third-order valence-corrected chi connectivity index (χ3v) is 4.92. The van der Waals surface area contributed by atoms with E-state index >= 15 is 0 Å². The minimum atomic E-state index is 0.388. The van der Waals surface area contributed by atoms with Crippen LogP contribution in [-0.2, 0) is 4.74 Å². The number of nitrogens with zero attached hydrogens (tertiary/aromatic N) is 3. The monoisotopic (exact) mass is 305 g/mol. The molecule has 0 saturated carbocycles. The molecular formula is C17H27N3O2. The largest absolute Gasteiger partial charge is 0.373 e. The Hall–Kier alpha value is -1.33. The number of likely N-dealkylation sites (tertiary alicyclic amines) is 1. The van der Waals surface area contributed by atoms with Crippen molar-refractivity contribution in [3.63, 3.8) is 0 Å². The third kappa shape index (κ3) is 3.20. The Morgan fingerprint density at radius 2 is 2.05 bits per heavy atom. The van der Waals surface area contributed by atoms with Gasteiger partial charge in [0.2, 0.25) is 0 Å². The summed E-state index contributed by atoms with van der Waals surface area (Å²) < 4.78 is 11.1. The summed E-state index contributed by atoms with van der Waals surface area (Å²) in [6.07, 6.45) is 5.79. The van der Waals surface area contributed by atoms with E-state index in [1.165, 1.54) is 18.5 Å². The zero-order valence-corrected chi connectivity index (χ0v) is 13.8. The quantitative estimate of drug-likeness (QED) is 0.782. The highest BCUT2D eigenvalue weighted by Crippen LogP contribution is 2.29. The number of rotatable bonds is 5. The number of anilines is 1. The second kappa shape index (κ2) is 6.84. The highest BCUT2D eigenvalue weighted by atomic mass is 16.5. The van der Waals surface area contributed by atoms with Crippen molar-refractivity contribution >= 4 is 5.69 Å². The van der Waals surface area contributed by atoms with E-state index in [9.17, 15) is 0 Å². The molecule has 2 fully saturated rings. The van der Waals surface area contributed by atoms with Crippen molar-refractivity contribution in [2.75, 3.05) is 37.7 Å². The van der Waals surface area contributed by atoms with Crippen LogP contribution in [-0.4, -0.2) is 55.0 Å². The van der Waals surface area contributed by atoms with Crippen molar-refractivity contribution in [2.45, 2.75) is 45.3 Å². The lowest BCUT2D eigenvalue weighted by molar-refractivity contribution is 0.0730. The highest BCUT2D eigenvalue weighted by molar-refractivity contribution is 5.53. The molecule has 0 N–H and O–H groups in total. The summed E-state index contributed by atoms with van der Waals surface area (Å²) in [7, 11) is 0. The van der Waals surface area contributed by atoms with Gasteiger partial charge >= 0.3 is 0 Å². The van der Waals surface area contributed by atoms with Crippen LogP contribution in [0, 0.1) is 13.8 Å². The lowest BCUT2D eigenvalue weighted by Crippen LogP contribution is -2.44. The molecule has 0 amide bonds. The first kappa shape index (κ1) is 15.6. The SMILES string of the molecule is C=CCO[C@@H]1CCN(C2CCN(c3c(C)noc3C)CC2)C1. The molecule has 2 saturated heterocycles. The predicted octanol–water partition coefficient (Wildman–Crippen LogP) is 2.54. The van der Waals surface area contributed by atoms with E-state index < -0.39 is 0 Å². The van der Waals surface area contributed by atoms with Gasteiger partial charge in [-0.05, 0) is 33.1 Å². The van der Waals surface area contributed by atoms with Gasteiger partial charge in [-0.1, -0.05) is 11.2 Å². The maximum Gasteiger partial charge on any atom is 0.157 e. The van der Waals surface area contributed by atoms with Crippen LogP contribution in [0.4, 0.5) is 5.69 Å². The Kier molecular flexibility index (Phi) is 4.84. The maximum absolute atomic E-state index is 5.79. The molecule has 2 aliphatic rings. The summed E-state index contributed by atoms with van der Waals surface area (Å²) in [6, 6.07) is 0.689. The molecule has 0 bridgehead atoms. The zero-order chi connectivity index (χ0) is 15.5. The van der Waals surface area contributed by atoms with E-state index in [-0.39, 0.29) is 0 Å². The van der Waals surface area contributed by atoms with Gasteiger partial charge in [0.1, 0.15) is 11.4 Å². The second-order valence-corrected chi connectivity index (χ2v) is 6.42. The zero-order valence-electron chi connectivity index (χ0n) is 13.8. The first-order chi connectivity index (χ1) is 10.7. The summed E-state index contributed by atoms with van der Waals surface area (Å²) in [5.41, 5.74) is 2.21. The Morgan fingerprint density at radius 3 is 2.68 bits per heavy atom. The van der Waals surface area contributed by atoms with Gasteiger partial charge in [0.15, 0.2) is 5.76 Å². The Labute approximate surface area is 132 Å². The molecule has 1 atom stereocenters. The van der Waals surface area contributed by atoms with E-state index in [0.29, 0.717) is 18.8 Å². The van der Waals surface area contributed by atoms with Crippen LogP contribution >= 0.6 is 0 Å². The molecule has 0 aliphatic carbocycles. The van der Waals surface area contributed by atoms with Crippen LogP contribution in [0.15, 0.2) is 17.2 Å². The second-order valence-electron chi connectivity index (χ2n) is 6.42. The highest BCUT2D eigenvalue weighted by Gasteiger charge is 2.32. The Bertz CT molecular complexity index is 487. The van der Waals surface area contributed by atoms with Gasteiger partial charge in [-0.25, -0.2) is 0 Å². The average molecular weight is 305 g/mol. The number of aryl methyl sites for hydroxylation is 2. The van der Waals surface area contributed by atoms with Gasteiger partial charge in [-0.2, -0.15) is 0 Å². The molecule has 1 aromatic rings. The van der Waals surface area contributed by atoms with Crippen LogP contribution in [0.1, 0.15) is 30.7 Å². The summed E-state index contributed by atoms with van der Waals surface area (Å²) in [5.74, 6) is 0.940. The molecule has 3 heterocycles. The minimum Gasteiger partial charge on any atom is -0.373 e. The molecule has 0 unspecified atom stereocenters. The lowest BCUT2D eigenvalue weighted by atomic mass is 10.0. The smallest absolute Gasteiger partial charge is 0.157 e. The van der Waals surface area contributed by atoms with Crippen LogP contribution in [0.25, 0.3) is 0 Å². The molecule has 5 nitrogen and oxygen atoms in total. The fourth-order valence-corrected chi connectivity index (χ4v) is 3.81. The van der Waals surface area contributed by atoms with E-state index in [4.69, 9.17) is 9.26 Å². The Balaban J connectivity index is 1.51. The van der Waals surface area contributed by atoms with Gasteiger partial charge in [0.25, 0.3) is 0 Å². The van der Waals surface area contributed by atoms with Gasteiger partial charge < -0.3 is 14.2 Å². The van der Waals surface area contributed by atoms with Gasteiger partial charge in [0, 0.05) is 32.2 Å². The first-order valence-corrected chi connectivity index (χ1v) is 8.33. The Morgan fingerprint density at radius 1 is 1.27 bits per heavy atom. The standard InChI is InChI=1S/C17H27N3O2/c1-4-11-21-16-7-10-20(12-16)15-5-8-19(9-6-15)17-13(2)18-22-14(17)3/h4,15-16H,1,5-12H2,2-3H3/t16-/m1/s1. The van der Waals surface area contributed by atoms with Crippen molar-refractivity contribution in [1.82, 2.24) is 10.1 Å². The molecule has 0 radical (unpaired) electrons. The van der Waals surface area contributed by atoms with Crippen molar-refractivity contribution < 1.29 is 9.26 Å². The molecule has 1 aromatic heterocycles. The summed E-state index contributed by atoms with van der Waals surface area (Å²) in [6.45, 7) is 12.8. The minimum absolute atomic E-state index is 0.388. The van der Waals surface area contributed by atoms with Gasteiger partial charge in [0.05, 0.1) is 12.7 Å². The molecule has 0 spiro atoms. The van der Waals surface area contributed by atoms with Crippen molar-refractivity contribution in [3.05, 3.63) is 24.1 Å². The number of aromatic nitrogens is 1.